The molecule has 0 fully saturated rings. The van der Waals surface area contributed by atoms with E-state index < -0.39 is 17.6 Å². The number of carbonyl (C=O) groups is 1. The molecule has 0 unspecified atom stereocenters. The number of hydrogen-bond donors (Lipinski definition) is 2. The normalized spacial score (nSPS) is 11.5. The molecule has 0 heterocycles. The molecule has 1 amide bonds. The molecule has 0 spiro atoms. The van der Waals surface area contributed by atoms with Gasteiger partial charge in [-0.15, -0.1) is 0 Å². The van der Waals surface area contributed by atoms with Crippen LogP contribution in [0.5, 0.6) is 0 Å². The van der Waals surface area contributed by atoms with E-state index in [-0.39, 0.29) is 12.2 Å². The van der Waals surface area contributed by atoms with Crippen molar-refractivity contribution in [2.24, 2.45) is 5.10 Å². The van der Waals surface area contributed by atoms with E-state index >= 15 is 0 Å². The van der Waals surface area contributed by atoms with Gasteiger partial charge in [0.25, 0.3) is 5.91 Å². The van der Waals surface area contributed by atoms with Crippen LogP contribution in [0, 0.1) is 0 Å². The van der Waals surface area contributed by atoms with Gasteiger partial charge >= 0.3 is 6.18 Å². The Morgan fingerprint density at radius 1 is 1.17 bits per heavy atom. The topological polar surface area (TPSA) is 53.5 Å². The summed E-state index contributed by atoms with van der Waals surface area (Å²) in [5, 5.41) is 6.95. The third-order valence-corrected chi connectivity index (χ3v) is 3.17. The summed E-state index contributed by atoms with van der Waals surface area (Å²) in [4.78, 5) is 11.6. The number of benzene rings is 2. The van der Waals surface area contributed by atoms with Gasteiger partial charge in [0.1, 0.15) is 0 Å². The minimum atomic E-state index is -4.43. The molecule has 0 bridgehead atoms. The fraction of sp³-hybridized carbons (Fsp3) is 0.125. The zero-order chi connectivity index (χ0) is 17.6. The first-order valence-corrected chi connectivity index (χ1v) is 7.21. The number of hydrogen-bond acceptors (Lipinski definition) is 3. The first-order valence-electron chi connectivity index (χ1n) is 6.83. The number of halogens is 4. The molecule has 0 radical (unpaired) electrons. The lowest BCUT2D eigenvalue weighted by Gasteiger charge is -2.10. The molecule has 126 valence electrons. The molecule has 2 aromatic rings. The van der Waals surface area contributed by atoms with Gasteiger partial charge in [0, 0.05) is 10.7 Å². The van der Waals surface area contributed by atoms with Crippen molar-refractivity contribution in [2.75, 3.05) is 11.9 Å². The van der Waals surface area contributed by atoms with Crippen LogP contribution < -0.4 is 10.7 Å². The summed E-state index contributed by atoms with van der Waals surface area (Å²) in [7, 11) is 0. The predicted molar refractivity (Wildman–Crippen MR) is 87.1 cm³/mol. The van der Waals surface area contributed by atoms with Gasteiger partial charge in [-0.25, -0.2) is 5.43 Å². The van der Waals surface area contributed by atoms with E-state index in [1.165, 1.54) is 18.3 Å². The minimum absolute atomic E-state index is 0.196. The smallest absolute Gasteiger partial charge is 0.376 e. The Labute approximate surface area is 141 Å². The lowest BCUT2D eigenvalue weighted by molar-refractivity contribution is -0.137. The molecule has 0 aliphatic rings. The SMILES string of the molecule is O=C(CNc1cccc(C(F)(F)F)c1)N/N=C\c1ccc(Cl)cc1. The molecule has 4 nitrogen and oxygen atoms in total. The Hall–Kier alpha value is -2.54. The van der Waals surface area contributed by atoms with E-state index in [1.54, 1.807) is 24.3 Å². The Balaban J connectivity index is 1.84. The van der Waals surface area contributed by atoms with Crippen LogP contribution in [0.3, 0.4) is 0 Å². The Morgan fingerprint density at radius 2 is 1.88 bits per heavy atom. The van der Waals surface area contributed by atoms with Crippen LogP contribution in [0.4, 0.5) is 18.9 Å². The second-order valence-electron chi connectivity index (χ2n) is 4.78. The van der Waals surface area contributed by atoms with E-state index in [9.17, 15) is 18.0 Å². The van der Waals surface area contributed by atoms with Crippen LogP contribution in [0.2, 0.25) is 5.02 Å². The summed E-state index contributed by atoms with van der Waals surface area (Å²) in [6.45, 7) is -0.209. The van der Waals surface area contributed by atoms with Crippen molar-refractivity contribution < 1.29 is 18.0 Å². The summed E-state index contributed by atoms with van der Waals surface area (Å²) in [5.41, 5.74) is 2.43. The molecule has 24 heavy (non-hydrogen) atoms. The maximum absolute atomic E-state index is 12.6. The second kappa shape index (κ2) is 7.83. The summed E-state index contributed by atoms with van der Waals surface area (Å²) in [5.74, 6) is -0.488. The average Bonchev–Trinajstić information content (AvgIpc) is 2.54. The molecular weight excluding hydrogens is 343 g/mol. The molecule has 2 N–H and O–H groups in total. The second-order valence-corrected chi connectivity index (χ2v) is 5.21. The van der Waals surface area contributed by atoms with Crippen LogP contribution in [0.25, 0.3) is 0 Å². The van der Waals surface area contributed by atoms with Gasteiger partial charge in [-0.2, -0.15) is 18.3 Å². The first kappa shape index (κ1) is 17.8. The number of anilines is 1. The van der Waals surface area contributed by atoms with Gasteiger partial charge in [-0.1, -0.05) is 29.8 Å². The average molecular weight is 356 g/mol. The minimum Gasteiger partial charge on any atom is -0.376 e. The van der Waals surface area contributed by atoms with E-state index in [0.717, 1.165) is 17.7 Å². The number of carbonyl (C=O) groups excluding carboxylic acids is 1. The molecule has 0 aliphatic carbocycles. The lowest BCUT2D eigenvalue weighted by atomic mass is 10.2. The van der Waals surface area contributed by atoms with Crippen LogP contribution in [0.15, 0.2) is 53.6 Å². The third kappa shape index (κ3) is 5.58. The fourth-order valence-electron chi connectivity index (χ4n) is 1.76. The van der Waals surface area contributed by atoms with Gasteiger partial charge in [0.15, 0.2) is 0 Å². The first-order chi connectivity index (χ1) is 11.3. The summed E-state index contributed by atoms with van der Waals surface area (Å²) in [6, 6.07) is 11.4. The quantitative estimate of drug-likeness (QED) is 0.631. The summed E-state index contributed by atoms with van der Waals surface area (Å²) < 4.78 is 37.8. The monoisotopic (exact) mass is 355 g/mol. The molecule has 0 aromatic heterocycles. The highest BCUT2D eigenvalue weighted by Crippen LogP contribution is 2.30. The highest BCUT2D eigenvalue weighted by molar-refractivity contribution is 6.30. The lowest BCUT2D eigenvalue weighted by Crippen LogP contribution is -2.26. The Bertz CT molecular complexity index is 730. The van der Waals surface area contributed by atoms with Crippen molar-refractivity contribution >= 4 is 29.4 Å². The van der Waals surface area contributed by atoms with E-state index in [0.29, 0.717) is 5.02 Å². The predicted octanol–water partition coefficient (Wildman–Crippen LogP) is 3.92. The van der Waals surface area contributed by atoms with Crippen molar-refractivity contribution in [3.8, 4) is 0 Å². The maximum atomic E-state index is 12.6. The van der Waals surface area contributed by atoms with Crippen molar-refractivity contribution in [1.29, 1.82) is 0 Å². The van der Waals surface area contributed by atoms with Gasteiger partial charge in [0.2, 0.25) is 0 Å². The number of alkyl halides is 3. The zero-order valence-corrected chi connectivity index (χ0v) is 13.0. The highest BCUT2D eigenvalue weighted by Gasteiger charge is 2.30. The number of hydrazone groups is 1. The van der Waals surface area contributed by atoms with E-state index in [1.807, 2.05) is 0 Å². The number of rotatable bonds is 5. The Morgan fingerprint density at radius 3 is 2.54 bits per heavy atom. The van der Waals surface area contributed by atoms with Crippen molar-refractivity contribution in [3.63, 3.8) is 0 Å². The van der Waals surface area contributed by atoms with Crippen LogP contribution in [0.1, 0.15) is 11.1 Å². The molecular formula is C16H13ClF3N3O. The molecule has 0 saturated carbocycles. The summed E-state index contributed by atoms with van der Waals surface area (Å²) in [6.07, 6.45) is -3.00. The standard InChI is InChI=1S/C16H13ClF3N3O/c17-13-6-4-11(5-7-13)9-22-23-15(24)10-21-14-3-1-2-12(8-14)16(18,19)20/h1-9,21H,10H2,(H,23,24)/b22-9-. The fourth-order valence-corrected chi connectivity index (χ4v) is 1.88. The van der Waals surface area contributed by atoms with Crippen molar-refractivity contribution in [3.05, 3.63) is 64.7 Å². The van der Waals surface area contributed by atoms with E-state index in [2.05, 4.69) is 15.8 Å². The summed E-state index contributed by atoms with van der Waals surface area (Å²) >= 11 is 5.74. The third-order valence-electron chi connectivity index (χ3n) is 2.92. The van der Waals surface area contributed by atoms with Crippen molar-refractivity contribution in [2.45, 2.75) is 6.18 Å². The van der Waals surface area contributed by atoms with Gasteiger partial charge in [0.05, 0.1) is 18.3 Å². The van der Waals surface area contributed by atoms with Crippen LogP contribution in [-0.4, -0.2) is 18.7 Å². The van der Waals surface area contributed by atoms with Gasteiger partial charge in [-0.05, 0) is 35.9 Å². The Kier molecular flexibility index (Phi) is 5.81. The largest absolute Gasteiger partial charge is 0.416 e. The maximum Gasteiger partial charge on any atom is 0.416 e. The number of nitrogens with zero attached hydrogens (tertiary/aromatic N) is 1. The zero-order valence-electron chi connectivity index (χ0n) is 12.3. The van der Waals surface area contributed by atoms with Crippen LogP contribution in [-0.2, 0) is 11.0 Å². The van der Waals surface area contributed by atoms with E-state index in [4.69, 9.17) is 11.6 Å². The highest BCUT2D eigenvalue weighted by atomic mass is 35.5. The molecule has 8 heteroatoms. The molecule has 0 aliphatic heterocycles. The molecule has 0 atom stereocenters. The molecule has 2 rings (SSSR count). The van der Waals surface area contributed by atoms with Gasteiger partial charge < -0.3 is 5.32 Å². The molecule has 0 saturated heterocycles. The number of nitrogens with one attached hydrogen (secondary N) is 2. The van der Waals surface area contributed by atoms with Gasteiger partial charge in [-0.3, -0.25) is 4.79 Å². The van der Waals surface area contributed by atoms with Crippen molar-refractivity contribution in [1.82, 2.24) is 5.43 Å². The molecule has 2 aromatic carbocycles. The number of amides is 1. The van der Waals surface area contributed by atoms with Crippen LogP contribution >= 0.6 is 11.6 Å².